The number of carbonyl (C=O) groups is 1. The normalized spacial score (nSPS) is 20.3. The maximum atomic E-state index is 10.5. The lowest BCUT2D eigenvalue weighted by Gasteiger charge is -2.32. The molecule has 5 nitrogen and oxygen atoms in total. The first-order chi connectivity index (χ1) is 9.24. The van der Waals surface area contributed by atoms with Gasteiger partial charge in [-0.2, -0.15) is 0 Å². The monoisotopic (exact) mass is 263 g/mol. The van der Waals surface area contributed by atoms with E-state index in [4.69, 9.17) is 5.11 Å². The molecule has 0 spiro atoms. The third-order valence-electron chi connectivity index (χ3n) is 3.44. The number of aromatic nitrogens is 1. The molecule has 1 unspecified atom stereocenters. The predicted molar refractivity (Wildman–Crippen MR) is 72.7 cm³/mol. The summed E-state index contributed by atoms with van der Waals surface area (Å²) in [6.07, 6.45) is 6.06. The zero-order valence-electron chi connectivity index (χ0n) is 11.1. The molecule has 1 aliphatic heterocycles. The molecule has 1 fully saturated rings. The molecule has 0 bridgehead atoms. The maximum Gasteiger partial charge on any atom is 0.317 e. The van der Waals surface area contributed by atoms with Gasteiger partial charge < -0.3 is 10.4 Å². The average Bonchev–Trinajstić information content (AvgIpc) is 2.40. The summed E-state index contributed by atoms with van der Waals surface area (Å²) in [4.78, 5) is 17.0. The minimum absolute atomic E-state index is 0.0547. The number of nitrogens with one attached hydrogen (secondary N) is 1. The second-order valence-corrected chi connectivity index (χ2v) is 5.13. The van der Waals surface area contributed by atoms with E-state index in [-0.39, 0.29) is 6.54 Å². The third kappa shape index (κ3) is 4.96. The number of carboxylic acid groups (broad SMARTS) is 1. The van der Waals surface area contributed by atoms with Gasteiger partial charge in [0.15, 0.2) is 0 Å². The molecule has 0 aromatic carbocycles. The van der Waals surface area contributed by atoms with Crippen molar-refractivity contribution < 1.29 is 9.90 Å². The van der Waals surface area contributed by atoms with E-state index < -0.39 is 5.97 Å². The van der Waals surface area contributed by atoms with Gasteiger partial charge in [0.2, 0.25) is 0 Å². The Morgan fingerprint density at radius 2 is 2.47 bits per heavy atom. The molecule has 0 amide bonds. The van der Waals surface area contributed by atoms with Crippen LogP contribution in [-0.4, -0.2) is 47.1 Å². The van der Waals surface area contributed by atoms with E-state index in [0.29, 0.717) is 5.92 Å². The number of piperidine rings is 1. The molecule has 2 N–H and O–H groups in total. The SMILES string of the molecule is O=C(O)CNCC1CCCN(Cc2cccnc2)C1. The van der Waals surface area contributed by atoms with E-state index in [0.717, 1.165) is 26.2 Å². The molecule has 1 aromatic rings. The van der Waals surface area contributed by atoms with Gasteiger partial charge in [-0.25, -0.2) is 0 Å². The lowest BCUT2D eigenvalue weighted by Crippen LogP contribution is -2.40. The van der Waals surface area contributed by atoms with Crippen molar-refractivity contribution in [1.82, 2.24) is 15.2 Å². The fraction of sp³-hybridized carbons (Fsp3) is 0.571. The zero-order chi connectivity index (χ0) is 13.5. The van der Waals surface area contributed by atoms with Crippen LogP contribution in [0.1, 0.15) is 18.4 Å². The first kappa shape index (κ1) is 14.0. The van der Waals surface area contributed by atoms with E-state index in [1.54, 1.807) is 6.20 Å². The van der Waals surface area contributed by atoms with E-state index in [1.165, 1.54) is 18.4 Å². The highest BCUT2D eigenvalue weighted by Crippen LogP contribution is 2.17. The summed E-state index contributed by atoms with van der Waals surface area (Å²) in [6.45, 7) is 3.92. The minimum Gasteiger partial charge on any atom is -0.480 e. The van der Waals surface area contributed by atoms with Crippen LogP contribution < -0.4 is 5.32 Å². The number of nitrogens with zero attached hydrogens (tertiary/aromatic N) is 2. The Kier molecular flexibility index (Phi) is 5.30. The summed E-state index contributed by atoms with van der Waals surface area (Å²) in [7, 11) is 0. The Bertz CT molecular complexity index is 397. The van der Waals surface area contributed by atoms with Crippen LogP contribution in [-0.2, 0) is 11.3 Å². The molecule has 1 atom stereocenters. The van der Waals surface area contributed by atoms with Crippen LogP contribution in [0.5, 0.6) is 0 Å². The summed E-state index contributed by atoms with van der Waals surface area (Å²) < 4.78 is 0. The van der Waals surface area contributed by atoms with Gasteiger partial charge in [-0.1, -0.05) is 6.07 Å². The molecule has 0 radical (unpaired) electrons. The van der Waals surface area contributed by atoms with Crippen molar-refractivity contribution in [3.8, 4) is 0 Å². The average molecular weight is 263 g/mol. The number of pyridine rings is 1. The molecule has 2 heterocycles. The second-order valence-electron chi connectivity index (χ2n) is 5.13. The molecule has 0 aliphatic carbocycles. The van der Waals surface area contributed by atoms with Gasteiger partial charge in [0.25, 0.3) is 0 Å². The van der Waals surface area contributed by atoms with Gasteiger partial charge in [0.05, 0.1) is 6.54 Å². The Labute approximate surface area is 113 Å². The maximum absolute atomic E-state index is 10.5. The highest BCUT2D eigenvalue weighted by atomic mass is 16.4. The van der Waals surface area contributed by atoms with Crippen LogP contribution in [0.2, 0.25) is 0 Å². The van der Waals surface area contributed by atoms with Crippen molar-refractivity contribution in [1.29, 1.82) is 0 Å². The van der Waals surface area contributed by atoms with Crippen molar-refractivity contribution >= 4 is 5.97 Å². The highest BCUT2D eigenvalue weighted by Gasteiger charge is 2.19. The van der Waals surface area contributed by atoms with Crippen LogP contribution in [0.4, 0.5) is 0 Å². The van der Waals surface area contributed by atoms with Crippen molar-refractivity contribution in [3.05, 3.63) is 30.1 Å². The Hall–Kier alpha value is -1.46. The molecule has 0 saturated carbocycles. The fourth-order valence-corrected chi connectivity index (χ4v) is 2.59. The highest BCUT2D eigenvalue weighted by molar-refractivity contribution is 5.68. The van der Waals surface area contributed by atoms with Gasteiger partial charge >= 0.3 is 5.97 Å². The lowest BCUT2D eigenvalue weighted by atomic mass is 9.97. The molecule has 1 aliphatic rings. The van der Waals surface area contributed by atoms with Gasteiger partial charge in [0.1, 0.15) is 0 Å². The van der Waals surface area contributed by atoms with E-state index in [9.17, 15) is 4.79 Å². The van der Waals surface area contributed by atoms with Gasteiger partial charge in [0, 0.05) is 25.5 Å². The standard InChI is InChI=1S/C14H21N3O2/c18-14(19)9-16-8-13-4-2-6-17(11-13)10-12-3-1-5-15-7-12/h1,3,5,7,13,16H,2,4,6,8-11H2,(H,18,19). The fourth-order valence-electron chi connectivity index (χ4n) is 2.59. The van der Waals surface area contributed by atoms with Crippen molar-refractivity contribution in [2.24, 2.45) is 5.92 Å². The molecule has 19 heavy (non-hydrogen) atoms. The predicted octanol–water partition coefficient (Wildman–Crippen LogP) is 0.968. The van der Waals surface area contributed by atoms with Gasteiger partial charge in [-0.3, -0.25) is 14.7 Å². The molecule has 1 saturated heterocycles. The number of carboxylic acids is 1. The van der Waals surface area contributed by atoms with Crippen molar-refractivity contribution in [2.75, 3.05) is 26.2 Å². The van der Waals surface area contributed by atoms with Crippen LogP contribution in [0.25, 0.3) is 0 Å². The Morgan fingerprint density at radius 3 is 3.21 bits per heavy atom. The molecule has 2 rings (SSSR count). The molecule has 5 heteroatoms. The first-order valence-corrected chi connectivity index (χ1v) is 6.78. The quantitative estimate of drug-likeness (QED) is 0.800. The van der Waals surface area contributed by atoms with Crippen LogP contribution in [0, 0.1) is 5.92 Å². The number of hydrogen-bond acceptors (Lipinski definition) is 4. The molecular weight excluding hydrogens is 242 g/mol. The summed E-state index contributed by atoms with van der Waals surface area (Å²) >= 11 is 0. The summed E-state index contributed by atoms with van der Waals surface area (Å²) in [5.41, 5.74) is 1.24. The first-order valence-electron chi connectivity index (χ1n) is 6.78. The number of rotatable bonds is 6. The van der Waals surface area contributed by atoms with Crippen molar-refractivity contribution in [2.45, 2.75) is 19.4 Å². The smallest absolute Gasteiger partial charge is 0.317 e. The topological polar surface area (TPSA) is 65.5 Å². The summed E-state index contributed by atoms with van der Waals surface area (Å²) in [6, 6.07) is 4.06. The number of likely N-dealkylation sites (tertiary alicyclic amines) is 1. The van der Waals surface area contributed by atoms with Crippen LogP contribution in [0.15, 0.2) is 24.5 Å². The third-order valence-corrected chi connectivity index (χ3v) is 3.44. The summed E-state index contributed by atoms with van der Waals surface area (Å²) in [5, 5.41) is 11.6. The molecular formula is C14H21N3O2. The number of hydrogen-bond donors (Lipinski definition) is 2. The summed E-state index contributed by atoms with van der Waals surface area (Å²) in [5.74, 6) is -0.243. The van der Waals surface area contributed by atoms with Gasteiger partial charge in [-0.15, -0.1) is 0 Å². The largest absolute Gasteiger partial charge is 0.480 e. The molecule has 104 valence electrons. The number of aliphatic carboxylic acids is 1. The minimum atomic E-state index is -0.789. The Balaban J connectivity index is 1.75. The van der Waals surface area contributed by atoms with Gasteiger partial charge in [-0.05, 0) is 43.5 Å². The van der Waals surface area contributed by atoms with E-state index >= 15 is 0 Å². The van der Waals surface area contributed by atoms with Crippen molar-refractivity contribution in [3.63, 3.8) is 0 Å². The lowest BCUT2D eigenvalue weighted by molar-refractivity contribution is -0.136. The van der Waals surface area contributed by atoms with Crippen LogP contribution in [0.3, 0.4) is 0 Å². The van der Waals surface area contributed by atoms with E-state index in [1.807, 2.05) is 12.3 Å². The van der Waals surface area contributed by atoms with Crippen LogP contribution >= 0.6 is 0 Å². The second kappa shape index (κ2) is 7.21. The zero-order valence-corrected chi connectivity index (χ0v) is 11.1. The Morgan fingerprint density at radius 1 is 1.58 bits per heavy atom. The van der Waals surface area contributed by atoms with E-state index in [2.05, 4.69) is 21.3 Å². The molecule has 1 aromatic heterocycles.